The monoisotopic (exact) mass is 367 g/mol. The third kappa shape index (κ3) is 4.09. The van der Waals surface area contributed by atoms with Gasteiger partial charge in [-0.2, -0.15) is 5.10 Å². The molecule has 3 aromatic rings. The van der Waals surface area contributed by atoms with E-state index in [0.29, 0.717) is 12.3 Å². The molecule has 3 rings (SSSR count). The number of pyridine rings is 1. The number of amides is 2. The molecule has 2 N–H and O–H groups in total. The molecule has 0 aliphatic heterocycles. The number of nitrogens with one attached hydrogen (secondary N) is 2. The van der Waals surface area contributed by atoms with Gasteiger partial charge in [0.15, 0.2) is 5.65 Å². The normalized spacial score (nSPS) is 13.5. The van der Waals surface area contributed by atoms with E-state index in [1.165, 1.54) is 0 Å². The van der Waals surface area contributed by atoms with Crippen LogP contribution < -0.4 is 10.6 Å². The van der Waals surface area contributed by atoms with Gasteiger partial charge in [-0.1, -0.05) is 30.3 Å². The van der Waals surface area contributed by atoms with E-state index in [2.05, 4.69) is 20.7 Å². The molecule has 2 heterocycles. The largest absolute Gasteiger partial charge is 0.382 e. The zero-order valence-corrected chi connectivity index (χ0v) is 16.1. The molecule has 7 nitrogen and oxygen atoms in total. The van der Waals surface area contributed by atoms with Crippen LogP contribution in [0, 0.1) is 0 Å². The summed E-state index contributed by atoms with van der Waals surface area (Å²) in [6.07, 6.45) is 3.39. The van der Waals surface area contributed by atoms with E-state index in [0.717, 1.165) is 16.6 Å². The average Bonchev–Trinajstić information content (AvgIpc) is 3.06. The lowest BCUT2D eigenvalue weighted by molar-refractivity contribution is 0.123. The van der Waals surface area contributed by atoms with Gasteiger partial charge in [0.25, 0.3) is 0 Å². The van der Waals surface area contributed by atoms with Gasteiger partial charge in [0.05, 0.1) is 30.2 Å². The molecule has 142 valence electrons. The zero-order chi connectivity index (χ0) is 19.4. The van der Waals surface area contributed by atoms with Crippen LogP contribution in [-0.2, 0) is 10.3 Å². The Morgan fingerprint density at radius 1 is 1.26 bits per heavy atom. The molecule has 27 heavy (non-hydrogen) atoms. The number of ether oxygens (including phenoxy) is 1. The Labute approximate surface area is 158 Å². The summed E-state index contributed by atoms with van der Waals surface area (Å²) in [4.78, 5) is 17.0. The van der Waals surface area contributed by atoms with Crippen LogP contribution in [0.3, 0.4) is 0 Å². The standard InChI is InChI=1S/C20H25N5O2/c1-14(2)25-18-15(11-22-25)10-17(12-21-18)23-19(26)24-20(3,13-27-4)16-8-6-5-7-9-16/h5-12,14H,13H2,1-4H3,(H2,23,24,26). The minimum Gasteiger partial charge on any atom is -0.382 e. The lowest BCUT2D eigenvalue weighted by atomic mass is 9.93. The molecule has 0 bridgehead atoms. The second-order valence-electron chi connectivity index (χ2n) is 7.03. The quantitative estimate of drug-likeness (QED) is 0.696. The number of carbonyl (C=O) groups excluding carboxylic acids is 1. The summed E-state index contributed by atoms with van der Waals surface area (Å²) in [5, 5.41) is 11.1. The van der Waals surface area contributed by atoms with Crippen molar-refractivity contribution in [2.45, 2.75) is 32.4 Å². The van der Waals surface area contributed by atoms with Crippen LogP contribution in [0.25, 0.3) is 11.0 Å². The van der Waals surface area contributed by atoms with Gasteiger partial charge in [0.2, 0.25) is 0 Å². The Morgan fingerprint density at radius 3 is 2.67 bits per heavy atom. The third-order valence-electron chi connectivity index (χ3n) is 4.41. The van der Waals surface area contributed by atoms with Gasteiger partial charge in [0.1, 0.15) is 0 Å². The summed E-state index contributed by atoms with van der Waals surface area (Å²) in [5.41, 5.74) is 1.72. The minimum absolute atomic E-state index is 0.220. The molecule has 2 aromatic heterocycles. The molecule has 1 atom stereocenters. The Bertz CT molecular complexity index is 923. The number of carbonyl (C=O) groups is 1. The smallest absolute Gasteiger partial charge is 0.320 e. The first-order valence-corrected chi connectivity index (χ1v) is 8.90. The molecule has 1 aromatic carbocycles. The summed E-state index contributed by atoms with van der Waals surface area (Å²) in [7, 11) is 1.62. The maximum atomic E-state index is 12.6. The van der Waals surface area contributed by atoms with E-state index in [9.17, 15) is 4.79 Å². The molecule has 0 aliphatic rings. The second kappa shape index (κ2) is 7.75. The number of hydrogen-bond donors (Lipinski definition) is 2. The van der Waals surface area contributed by atoms with E-state index < -0.39 is 5.54 Å². The van der Waals surface area contributed by atoms with Crippen LogP contribution >= 0.6 is 0 Å². The fourth-order valence-corrected chi connectivity index (χ4v) is 3.09. The Balaban J connectivity index is 1.77. The van der Waals surface area contributed by atoms with Crippen LogP contribution in [0.15, 0.2) is 48.8 Å². The highest BCUT2D eigenvalue weighted by Gasteiger charge is 2.28. The van der Waals surface area contributed by atoms with E-state index in [-0.39, 0.29) is 12.1 Å². The van der Waals surface area contributed by atoms with Gasteiger partial charge in [-0.3, -0.25) is 0 Å². The van der Waals surface area contributed by atoms with Gasteiger partial charge in [-0.15, -0.1) is 0 Å². The fourth-order valence-electron chi connectivity index (χ4n) is 3.09. The van der Waals surface area contributed by atoms with Crippen molar-refractivity contribution in [1.29, 1.82) is 0 Å². The summed E-state index contributed by atoms with van der Waals surface area (Å²) >= 11 is 0. The van der Waals surface area contributed by atoms with Gasteiger partial charge < -0.3 is 15.4 Å². The van der Waals surface area contributed by atoms with Crippen molar-refractivity contribution < 1.29 is 9.53 Å². The molecule has 0 saturated heterocycles. The zero-order valence-electron chi connectivity index (χ0n) is 16.1. The SMILES string of the molecule is COCC(C)(NC(=O)Nc1cnc2c(cnn2C(C)C)c1)c1ccccc1. The number of benzene rings is 1. The van der Waals surface area contributed by atoms with Crippen molar-refractivity contribution in [3.8, 4) is 0 Å². The number of nitrogens with zero attached hydrogens (tertiary/aromatic N) is 3. The predicted octanol–water partition coefficient (Wildman–Crippen LogP) is 3.70. The third-order valence-corrected chi connectivity index (χ3v) is 4.41. The maximum absolute atomic E-state index is 12.6. The summed E-state index contributed by atoms with van der Waals surface area (Å²) in [5.74, 6) is 0. The fraction of sp³-hybridized carbons (Fsp3) is 0.350. The van der Waals surface area contributed by atoms with Crippen molar-refractivity contribution >= 4 is 22.8 Å². The number of rotatable bonds is 6. The van der Waals surface area contributed by atoms with Crippen LogP contribution in [0.5, 0.6) is 0 Å². The average molecular weight is 367 g/mol. The number of hydrogen-bond acceptors (Lipinski definition) is 4. The molecule has 7 heteroatoms. The highest BCUT2D eigenvalue weighted by Crippen LogP contribution is 2.22. The predicted molar refractivity (Wildman–Crippen MR) is 106 cm³/mol. The number of anilines is 1. The van der Waals surface area contributed by atoms with Crippen LogP contribution in [0.4, 0.5) is 10.5 Å². The first-order chi connectivity index (χ1) is 12.9. The van der Waals surface area contributed by atoms with Crippen LogP contribution in [0.1, 0.15) is 32.4 Å². The first kappa shape index (κ1) is 18.8. The molecular weight excluding hydrogens is 342 g/mol. The van der Waals surface area contributed by atoms with E-state index >= 15 is 0 Å². The van der Waals surface area contributed by atoms with Gasteiger partial charge in [-0.05, 0) is 32.4 Å². The van der Waals surface area contributed by atoms with E-state index in [4.69, 9.17) is 4.74 Å². The highest BCUT2D eigenvalue weighted by molar-refractivity contribution is 5.92. The van der Waals surface area contributed by atoms with Crippen LogP contribution in [-0.4, -0.2) is 34.5 Å². The molecule has 0 saturated carbocycles. The number of fused-ring (bicyclic) bond motifs is 1. The van der Waals surface area contributed by atoms with Crippen molar-refractivity contribution in [2.24, 2.45) is 0 Å². The lowest BCUT2D eigenvalue weighted by Gasteiger charge is -2.30. The van der Waals surface area contributed by atoms with Gasteiger partial charge in [-0.25, -0.2) is 14.5 Å². The molecular formula is C20H25N5O2. The first-order valence-electron chi connectivity index (χ1n) is 8.90. The lowest BCUT2D eigenvalue weighted by Crippen LogP contribution is -2.48. The van der Waals surface area contributed by atoms with Crippen molar-refractivity contribution in [3.05, 3.63) is 54.4 Å². The van der Waals surface area contributed by atoms with Gasteiger partial charge >= 0.3 is 6.03 Å². The molecule has 0 fully saturated rings. The maximum Gasteiger partial charge on any atom is 0.320 e. The molecule has 0 radical (unpaired) electrons. The second-order valence-corrected chi connectivity index (χ2v) is 7.03. The summed E-state index contributed by atoms with van der Waals surface area (Å²) < 4.78 is 7.18. The van der Waals surface area contributed by atoms with E-state index in [1.54, 1.807) is 19.5 Å². The van der Waals surface area contributed by atoms with Gasteiger partial charge in [0, 0.05) is 18.5 Å². The van der Waals surface area contributed by atoms with E-state index in [1.807, 2.05) is 61.9 Å². The molecule has 2 amide bonds. The summed E-state index contributed by atoms with van der Waals surface area (Å²) in [6.45, 7) is 6.38. The summed E-state index contributed by atoms with van der Waals surface area (Å²) in [6, 6.07) is 11.5. The Hall–Kier alpha value is -2.93. The number of aromatic nitrogens is 3. The number of urea groups is 1. The number of methoxy groups -OCH3 is 1. The van der Waals surface area contributed by atoms with Crippen molar-refractivity contribution in [1.82, 2.24) is 20.1 Å². The van der Waals surface area contributed by atoms with Crippen LogP contribution in [0.2, 0.25) is 0 Å². The molecule has 1 unspecified atom stereocenters. The van der Waals surface area contributed by atoms with Crippen molar-refractivity contribution in [2.75, 3.05) is 19.0 Å². The van der Waals surface area contributed by atoms with Crippen molar-refractivity contribution in [3.63, 3.8) is 0 Å². The topological polar surface area (TPSA) is 81.1 Å². The Kier molecular flexibility index (Phi) is 5.41. The molecule has 0 spiro atoms. The highest BCUT2D eigenvalue weighted by atomic mass is 16.5. The molecule has 0 aliphatic carbocycles. The Morgan fingerprint density at radius 2 is 2.00 bits per heavy atom. The minimum atomic E-state index is -0.653.